The van der Waals surface area contributed by atoms with Gasteiger partial charge in [0.25, 0.3) is 0 Å². The molecule has 0 radical (unpaired) electrons. The molecule has 9 nitrogen and oxygen atoms in total. The highest BCUT2D eigenvalue weighted by atomic mass is 16.4. The molecule has 0 spiro atoms. The van der Waals surface area contributed by atoms with Crippen LogP contribution in [0.5, 0.6) is 0 Å². The molecular formula is C9H16N4O5. The minimum Gasteiger partial charge on any atom is -0.480 e. The SMILES string of the molecule is CC(=O)NCCNC(=O)NCC(=O)NCC(=O)O. The van der Waals surface area contributed by atoms with Crippen molar-refractivity contribution in [3.05, 3.63) is 0 Å². The van der Waals surface area contributed by atoms with Crippen molar-refractivity contribution in [2.24, 2.45) is 0 Å². The van der Waals surface area contributed by atoms with E-state index in [1.807, 2.05) is 0 Å². The van der Waals surface area contributed by atoms with E-state index in [0.717, 1.165) is 0 Å². The first-order valence-electron chi connectivity index (χ1n) is 5.16. The van der Waals surface area contributed by atoms with Crippen LogP contribution >= 0.6 is 0 Å². The first kappa shape index (κ1) is 15.7. The molecule has 0 aliphatic carbocycles. The molecule has 0 heterocycles. The van der Waals surface area contributed by atoms with E-state index in [1.165, 1.54) is 6.92 Å². The van der Waals surface area contributed by atoms with E-state index in [1.54, 1.807) is 0 Å². The van der Waals surface area contributed by atoms with Gasteiger partial charge in [-0.05, 0) is 0 Å². The Hall–Kier alpha value is -2.32. The van der Waals surface area contributed by atoms with Crippen LogP contribution in [0.1, 0.15) is 6.92 Å². The second-order valence-electron chi connectivity index (χ2n) is 3.26. The molecule has 0 aromatic rings. The molecule has 0 unspecified atom stereocenters. The standard InChI is InChI=1S/C9H16N4O5/c1-6(14)10-2-3-11-9(18)13-4-7(15)12-5-8(16)17/h2-5H2,1H3,(H,10,14)(H,12,15)(H,16,17)(H2,11,13,18). The zero-order valence-corrected chi connectivity index (χ0v) is 9.91. The minimum absolute atomic E-state index is 0.203. The first-order valence-corrected chi connectivity index (χ1v) is 5.16. The van der Waals surface area contributed by atoms with Crippen molar-refractivity contribution < 1.29 is 24.3 Å². The largest absolute Gasteiger partial charge is 0.480 e. The summed E-state index contributed by atoms with van der Waals surface area (Å²) in [5.41, 5.74) is 0. The van der Waals surface area contributed by atoms with Gasteiger partial charge in [-0.15, -0.1) is 0 Å². The zero-order valence-electron chi connectivity index (χ0n) is 9.91. The summed E-state index contributed by atoms with van der Waals surface area (Å²) in [7, 11) is 0. The number of hydrogen-bond acceptors (Lipinski definition) is 4. The van der Waals surface area contributed by atoms with Gasteiger partial charge in [0.05, 0.1) is 6.54 Å². The monoisotopic (exact) mass is 260 g/mol. The Morgan fingerprint density at radius 2 is 1.50 bits per heavy atom. The molecule has 0 aromatic carbocycles. The molecule has 9 heteroatoms. The summed E-state index contributed by atoms with van der Waals surface area (Å²) in [6.07, 6.45) is 0. The van der Waals surface area contributed by atoms with Gasteiger partial charge in [-0.1, -0.05) is 0 Å². The molecule has 0 saturated carbocycles. The quantitative estimate of drug-likeness (QED) is 0.326. The normalized spacial score (nSPS) is 9.17. The highest BCUT2D eigenvalue weighted by Gasteiger charge is 2.05. The highest BCUT2D eigenvalue weighted by molar-refractivity contribution is 5.86. The fourth-order valence-corrected chi connectivity index (χ4v) is 0.874. The molecule has 4 amide bonds. The van der Waals surface area contributed by atoms with E-state index in [9.17, 15) is 19.2 Å². The number of amides is 4. The minimum atomic E-state index is -1.16. The lowest BCUT2D eigenvalue weighted by Gasteiger charge is -2.07. The van der Waals surface area contributed by atoms with Crippen LogP contribution in [0.3, 0.4) is 0 Å². The molecule has 0 aliphatic rings. The summed E-state index contributed by atoms with van der Waals surface area (Å²) in [5.74, 6) is -1.97. The number of rotatable bonds is 7. The maximum Gasteiger partial charge on any atom is 0.322 e. The van der Waals surface area contributed by atoms with Crippen LogP contribution in [0.25, 0.3) is 0 Å². The van der Waals surface area contributed by atoms with Crippen LogP contribution in [0.4, 0.5) is 4.79 Å². The van der Waals surface area contributed by atoms with Crippen LogP contribution in [0, 0.1) is 0 Å². The number of aliphatic carboxylic acids is 1. The summed E-state index contributed by atoms with van der Waals surface area (Å²) in [5, 5.41) is 17.5. The number of carbonyl (C=O) groups excluding carboxylic acids is 3. The fraction of sp³-hybridized carbons (Fsp3) is 0.556. The Balaban J connectivity index is 3.54. The average molecular weight is 260 g/mol. The lowest BCUT2D eigenvalue weighted by atomic mass is 10.5. The summed E-state index contributed by atoms with van der Waals surface area (Å²) in [4.78, 5) is 42.7. The lowest BCUT2D eigenvalue weighted by Crippen LogP contribution is -2.44. The molecule has 0 saturated heterocycles. The summed E-state index contributed by atoms with van der Waals surface area (Å²) >= 11 is 0. The Bertz CT molecular complexity index is 331. The van der Waals surface area contributed by atoms with Crippen molar-refractivity contribution in [1.82, 2.24) is 21.3 Å². The van der Waals surface area contributed by atoms with Gasteiger partial charge in [-0.2, -0.15) is 0 Å². The van der Waals surface area contributed by atoms with Gasteiger partial charge < -0.3 is 26.4 Å². The molecule has 5 N–H and O–H groups in total. The Kier molecular flexibility index (Phi) is 7.66. The van der Waals surface area contributed by atoms with Crippen molar-refractivity contribution in [3.8, 4) is 0 Å². The van der Waals surface area contributed by atoms with E-state index < -0.39 is 24.5 Å². The first-order chi connectivity index (χ1) is 8.41. The van der Waals surface area contributed by atoms with Gasteiger partial charge in [0.2, 0.25) is 11.8 Å². The predicted molar refractivity (Wildman–Crippen MR) is 60.7 cm³/mol. The maximum atomic E-state index is 11.1. The van der Waals surface area contributed by atoms with Crippen LogP contribution in [-0.2, 0) is 14.4 Å². The number of carbonyl (C=O) groups is 4. The van der Waals surface area contributed by atoms with E-state index in [4.69, 9.17) is 5.11 Å². The summed E-state index contributed by atoms with van der Waals surface area (Å²) in [6, 6.07) is -0.578. The molecule has 0 aliphatic heterocycles. The molecule has 0 bridgehead atoms. The second kappa shape index (κ2) is 8.79. The third-order valence-electron chi connectivity index (χ3n) is 1.63. The molecule has 102 valence electrons. The van der Waals surface area contributed by atoms with Gasteiger partial charge >= 0.3 is 12.0 Å². The smallest absolute Gasteiger partial charge is 0.322 e. The molecule has 0 aromatic heterocycles. The Morgan fingerprint density at radius 1 is 0.889 bits per heavy atom. The van der Waals surface area contributed by atoms with Crippen molar-refractivity contribution in [1.29, 1.82) is 0 Å². The van der Waals surface area contributed by atoms with Gasteiger partial charge in [0, 0.05) is 20.0 Å². The number of carboxylic acid groups (broad SMARTS) is 1. The second-order valence-corrected chi connectivity index (χ2v) is 3.26. The average Bonchev–Trinajstić information content (AvgIpc) is 2.29. The third-order valence-corrected chi connectivity index (χ3v) is 1.63. The van der Waals surface area contributed by atoms with Crippen LogP contribution in [-0.4, -0.2) is 55.1 Å². The van der Waals surface area contributed by atoms with E-state index in [2.05, 4.69) is 21.3 Å². The number of nitrogens with one attached hydrogen (secondary N) is 4. The van der Waals surface area contributed by atoms with Gasteiger partial charge in [-0.3, -0.25) is 14.4 Å². The highest BCUT2D eigenvalue weighted by Crippen LogP contribution is 1.69. The molecule has 0 fully saturated rings. The molecule has 18 heavy (non-hydrogen) atoms. The summed E-state index contributed by atoms with van der Waals surface area (Å²) in [6.45, 7) is 1.05. The molecule has 0 rings (SSSR count). The van der Waals surface area contributed by atoms with Gasteiger partial charge in [-0.25, -0.2) is 4.79 Å². The van der Waals surface area contributed by atoms with E-state index in [0.29, 0.717) is 0 Å². The Labute approximate surface area is 103 Å². The number of carboxylic acids is 1. The number of hydrogen-bond donors (Lipinski definition) is 5. The van der Waals surface area contributed by atoms with Crippen molar-refractivity contribution >= 4 is 23.8 Å². The molecule has 0 atom stereocenters. The molecular weight excluding hydrogens is 244 g/mol. The third kappa shape index (κ3) is 10.2. The van der Waals surface area contributed by atoms with Crippen molar-refractivity contribution in [2.45, 2.75) is 6.92 Å². The van der Waals surface area contributed by atoms with E-state index in [-0.39, 0.29) is 25.5 Å². The maximum absolute atomic E-state index is 11.1. The van der Waals surface area contributed by atoms with Crippen molar-refractivity contribution in [3.63, 3.8) is 0 Å². The van der Waals surface area contributed by atoms with Crippen LogP contribution in [0.2, 0.25) is 0 Å². The van der Waals surface area contributed by atoms with Crippen LogP contribution in [0.15, 0.2) is 0 Å². The summed E-state index contributed by atoms with van der Waals surface area (Å²) < 4.78 is 0. The van der Waals surface area contributed by atoms with Crippen molar-refractivity contribution in [2.75, 3.05) is 26.2 Å². The van der Waals surface area contributed by atoms with Gasteiger partial charge in [0.15, 0.2) is 0 Å². The number of urea groups is 1. The van der Waals surface area contributed by atoms with Crippen LogP contribution < -0.4 is 21.3 Å². The fourth-order valence-electron chi connectivity index (χ4n) is 0.874. The topological polar surface area (TPSA) is 137 Å². The van der Waals surface area contributed by atoms with Gasteiger partial charge in [0.1, 0.15) is 6.54 Å². The van der Waals surface area contributed by atoms with E-state index >= 15 is 0 Å². The zero-order chi connectivity index (χ0) is 14.0. The Morgan fingerprint density at radius 3 is 2.06 bits per heavy atom. The lowest BCUT2D eigenvalue weighted by molar-refractivity contribution is -0.137. The predicted octanol–water partition coefficient (Wildman–Crippen LogP) is -2.38.